The van der Waals surface area contributed by atoms with Crippen LogP contribution < -0.4 is 10.1 Å². The predicted octanol–water partition coefficient (Wildman–Crippen LogP) is 3.87. The van der Waals surface area contributed by atoms with Crippen LogP contribution in [0.15, 0.2) is 43.0 Å². The van der Waals surface area contributed by atoms with E-state index >= 15 is 0 Å². The van der Waals surface area contributed by atoms with Crippen molar-refractivity contribution in [3.63, 3.8) is 0 Å². The van der Waals surface area contributed by atoms with Crippen molar-refractivity contribution in [1.82, 2.24) is 19.4 Å². The molecule has 30 heavy (non-hydrogen) atoms. The highest BCUT2D eigenvalue weighted by atomic mass is 19.1. The third kappa shape index (κ3) is 3.28. The highest BCUT2D eigenvalue weighted by molar-refractivity contribution is 5.85. The fraction of sp³-hybridized carbons (Fsp3) is 0.143. The number of nitriles is 1. The summed E-state index contributed by atoms with van der Waals surface area (Å²) in [7, 11) is 1.31. The Kier molecular flexibility index (Phi) is 4.98. The minimum Gasteiger partial charge on any atom is -0.494 e. The predicted molar refractivity (Wildman–Crippen MR) is 106 cm³/mol. The molecule has 9 heteroatoms. The van der Waals surface area contributed by atoms with Gasteiger partial charge in [0.05, 0.1) is 12.6 Å². The summed E-state index contributed by atoms with van der Waals surface area (Å²) < 4.78 is 34.3. The lowest BCUT2D eigenvalue weighted by atomic mass is 10.1. The van der Waals surface area contributed by atoms with E-state index in [9.17, 15) is 14.0 Å². The number of hydrogen-bond acceptors (Lipinski definition) is 6. The molecule has 7 nitrogen and oxygen atoms in total. The second-order valence-electron chi connectivity index (χ2n) is 6.49. The van der Waals surface area contributed by atoms with Crippen molar-refractivity contribution in [3.8, 4) is 22.9 Å². The van der Waals surface area contributed by atoms with Crippen LogP contribution in [0.25, 0.3) is 16.6 Å². The van der Waals surface area contributed by atoms with E-state index in [4.69, 9.17) is 4.74 Å². The van der Waals surface area contributed by atoms with Crippen LogP contribution in [-0.2, 0) is 6.54 Å². The maximum atomic E-state index is 14.1. The molecule has 0 bridgehead atoms. The fourth-order valence-electron chi connectivity index (χ4n) is 3.23. The quantitative estimate of drug-likeness (QED) is 0.541. The number of pyridine rings is 1. The third-order valence-corrected chi connectivity index (χ3v) is 4.73. The molecule has 3 aromatic heterocycles. The number of aryl methyl sites for hydroxylation is 1. The van der Waals surface area contributed by atoms with E-state index in [0.29, 0.717) is 17.0 Å². The first-order valence-corrected chi connectivity index (χ1v) is 8.97. The molecule has 0 unspecified atom stereocenters. The summed E-state index contributed by atoms with van der Waals surface area (Å²) in [5.74, 6) is -1.18. The zero-order valence-electron chi connectivity index (χ0n) is 16.1. The molecule has 0 radical (unpaired) electrons. The number of aromatic nitrogens is 4. The van der Waals surface area contributed by atoms with Gasteiger partial charge in [-0.25, -0.2) is 18.7 Å². The number of hydrogen-bond donors (Lipinski definition) is 1. The van der Waals surface area contributed by atoms with Gasteiger partial charge in [0.1, 0.15) is 18.2 Å². The minimum absolute atomic E-state index is 0.0237. The molecule has 1 N–H and O–H groups in total. The highest BCUT2D eigenvalue weighted by Crippen LogP contribution is 2.30. The highest BCUT2D eigenvalue weighted by Gasteiger charge is 2.17. The van der Waals surface area contributed by atoms with Gasteiger partial charge < -0.3 is 10.1 Å². The Hall–Kier alpha value is -4.06. The molecular weight excluding hydrogens is 390 g/mol. The summed E-state index contributed by atoms with van der Waals surface area (Å²) in [6, 6.07) is 7.84. The number of ether oxygens (including phenoxy) is 1. The lowest BCUT2D eigenvalue weighted by Gasteiger charge is -2.13. The van der Waals surface area contributed by atoms with Gasteiger partial charge in [0.2, 0.25) is 5.95 Å². The Bertz CT molecular complexity index is 1290. The monoisotopic (exact) mass is 406 g/mol. The average Bonchev–Trinajstić information content (AvgIpc) is 3.18. The summed E-state index contributed by atoms with van der Waals surface area (Å²) in [5, 5.41) is 12.5. The van der Waals surface area contributed by atoms with Gasteiger partial charge in [-0.3, -0.25) is 9.38 Å². The Morgan fingerprint density at radius 3 is 2.73 bits per heavy atom. The maximum Gasteiger partial charge on any atom is 0.209 e. The number of nitrogens with one attached hydrogen (secondary N) is 1. The van der Waals surface area contributed by atoms with E-state index < -0.39 is 11.6 Å². The minimum atomic E-state index is -0.774. The first-order chi connectivity index (χ1) is 14.5. The van der Waals surface area contributed by atoms with E-state index in [0.717, 1.165) is 17.3 Å². The zero-order chi connectivity index (χ0) is 21.3. The Balaban J connectivity index is 1.76. The summed E-state index contributed by atoms with van der Waals surface area (Å²) in [6.07, 6.45) is 4.78. The molecule has 0 saturated carbocycles. The molecule has 0 aliphatic heterocycles. The number of anilines is 1. The van der Waals surface area contributed by atoms with Crippen LogP contribution in [-0.4, -0.2) is 26.5 Å². The van der Waals surface area contributed by atoms with Crippen LogP contribution >= 0.6 is 0 Å². The van der Waals surface area contributed by atoms with Crippen LogP contribution in [0, 0.1) is 29.9 Å². The SMILES string of the molecule is COc1cc(CNc2ncc(-c3cccnc3C)c3c(C#N)ncn23)c(F)cc1F. The number of imidazole rings is 1. The lowest BCUT2D eigenvalue weighted by Crippen LogP contribution is -2.09. The van der Waals surface area contributed by atoms with Crippen LogP contribution in [0.3, 0.4) is 0 Å². The van der Waals surface area contributed by atoms with Gasteiger partial charge in [-0.05, 0) is 19.1 Å². The van der Waals surface area contributed by atoms with E-state index in [2.05, 4.69) is 26.3 Å². The molecule has 4 aromatic rings. The molecule has 3 heterocycles. The number of rotatable bonds is 5. The topological polar surface area (TPSA) is 88.1 Å². The maximum absolute atomic E-state index is 14.1. The average molecular weight is 406 g/mol. The summed E-state index contributed by atoms with van der Waals surface area (Å²) in [4.78, 5) is 12.9. The Morgan fingerprint density at radius 2 is 2.00 bits per heavy atom. The molecule has 0 aliphatic carbocycles. The van der Waals surface area contributed by atoms with Gasteiger partial charge in [0.25, 0.3) is 0 Å². The van der Waals surface area contributed by atoms with Gasteiger partial charge >= 0.3 is 0 Å². The normalized spacial score (nSPS) is 10.8. The molecular formula is C21H16F2N6O. The van der Waals surface area contributed by atoms with Crippen molar-refractivity contribution < 1.29 is 13.5 Å². The molecule has 0 saturated heterocycles. The molecule has 0 atom stereocenters. The molecule has 4 rings (SSSR count). The molecule has 0 aliphatic rings. The largest absolute Gasteiger partial charge is 0.494 e. The smallest absolute Gasteiger partial charge is 0.209 e. The Morgan fingerprint density at radius 1 is 1.17 bits per heavy atom. The summed E-state index contributed by atoms with van der Waals surface area (Å²) >= 11 is 0. The molecule has 150 valence electrons. The second kappa shape index (κ2) is 7.75. The summed E-state index contributed by atoms with van der Waals surface area (Å²) in [5.41, 5.74) is 3.31. The van der Waals surface area contributed by atoms with Crippen molar-refractivity contribution in [3.05, 3.63) is 71.6 Å². The van der Waals surface area contributed by atoms with Crippen molar-refractivity contribution in [1.29, 1.82) is 5.26 Å². The van der Waals surface area contributed by atoms with Crippen LogP contribution in [0.4, 0.5) is 14.7 Å². The second-order valence-corrected chi connectivity index (χ2v) is 6.49. The number of methoxy groups -OCH3 is 1. The van der Waals surface area contributed by atoms with Gasteiger partial charge in [0, 0.05) is 47.4 Å². The third-order valence-electron chi connectivity index (χ3n) is 4.73. The molecule has 0 spiro atoms. The first-order valence-electron chi connectivity index (χ1n) is 8.97. The van der Waals surface area contributed by atoms with Crippen molar-refractivity contribution in [2.24, 2.45) is 0 Å². The van der Waals surface area contributed by atoms with Crippen molar-refractivity contribution in [2.45, 2.75) is 13.5 Å². The number of benzene rings is 1. The van der Waals surface area contributed by atoms with E-state index in [-0.39, 0.29) is 23.6 Å². The summed E-state index contributed by atoms with van der Waals surface area (Å²) in [6.45, 7) is 1.89. The number of nitrogens with zero attached hydrogens (tertiary/aromatic N) is 5. The van der Waals surface area contributed by atoms with Crippen LogP contribution in [0.2, 0.25) is 0 Å². The molecule has 1 aromatic carbocycles. The van der Waals surface area contributed by atoms with Gasteiger partial charge in [-0.15, -0.1) is 0 Å². The zero-order valence-corrected chi connectivity index (χ0v) is 16.1. The van der Waals surface area contributed by atoms with E-state index in [1.807, 2.05) is 13.0 Å². The standard InChI is InChI=1S/C21H16F2N6O/c1-12-14(4-3-5-25-12)15-10-27-21(29-11-28-18(8-24)20(15)29)26-9-13-6-19(30-2)17(23)7-16(13)22/h3-7,10-11H,9H2,1-2H3,(H,26,27). The lowest BCUT2D eigenvalue weighted by molar-refractivity contribution is 0.383. The van der Waals surface area contributed by atoms with E-state index in [1.165, 1.54) is 19.5 Å². The first kappa shape index (κ1) is 19.3. The fourth-order valence-corrected chi connectivity index (χ4v) is 3.23. The number of halogens is 2. The molecule has 0 fully saturated rings. The van der Waals surface area contributed by atoms with E-state index in [1.54, 1.807) is 22.9 Å². The van der Waals surface area contributed by atoms with Gasteiger partial charge in [0.15, 0.2) is 17.3 Å². The van der Waals surface area contributed by atoms with Gasteiger partial charge in [-0.2, -0.15) is 5.26 Å². The molecule has 0 amide bonds. The number of fused-ring (bicyclic) bond motifs is 1. The van der Waals surface area contributed by atoms with Crippen LogP contribution in [0.5, 0.6) is 5.75 Å². The Labute approximate surface area is 170 Å². The van der Waals surface area contributed by atoms with Crippen molar-refractivity contribution in [2.75, 3.05) is 12.4 Å². The van der Waals surface area contributed by atoms with Crippen LogP contribution in [0.1, 0.15) is 17.0 Å². The van der Waals surface area contributed by atoms with Crippen molar-refractivity contribution >= 4 is 11.5 Å². The van der Waals surface area contributed by atoms with Gasteiger partial charge in [-0.1, -0.05) is 6.07 Å².